The molecule has 0 saturated carbocycles. The van der Waals surface area contributed by atoms with E-state index in [-0.39, 0.29) is 0 Å². The molecule has 0 spiro atoms. The summed E-state index contributed by atoms with van der Waals surface area (Å²) < 4.78 is 5.26. The first kappa shape index (κ1) is 13.7. The quantitative estimate of drug-likeness (QED) is 0.771. The monoisotopic (exact) mass is 236 g/mol. The molecule has 0 radical (unpaired) electrons. The fourth-order valence-electron chi connectivity index (χ4n) is 1.89. The molecule has 96 valence electrons. The second-order valence-corrected chi connectivity index (χ2v) is 4.45. The predicted molar refractivity (Wildman–Crippen MR) is 74.7 cm³/mol. The molecule has 1 rings (SSSR count). The highest BCUT2D eigenvalue weighted by atomic mass is 16.5. The molecule has 0 bridgehead atoms. The van der Waals surface area contributed by atoms with Gasteiger partial charge in [0.05, 0.1) is 18.5 Å². The Hall–Kier alpha value is -1.38. The molecule has 1 aromatic rings. The number of para-hydroxylation sites is 1. The maximum absolute atomic E-state index is 6.12. The molecule has 0 aliphatic carbocycles. The van der Waals surface area contributed by atoms with E-state index in [1.54, 1.807) is 7.11 Å². The lowest BCUT2D eigenvalue weighted by Crippen LogP contribution is -2.28. The number of ether oxygens (including phenoxy) is 1. The number of hydrogen-bond acceptors (Lipinski definition) is 3. The third-order valence-electron chi connectivity index (χ3n) is 3.21. The molecule has 0 aliphatic rings. The molecule has 0 fully saturated rings. The van der Waals surface area contributed by atoms with Gasteiger partial charge < -0.3 is 15.4 Å². The van der Waals surface area contributed by atoms with Gasteiger partial charge in [0.1, 0.15) is 5.75 Å². The van der Waals surface area contributed by atoms with Gasteiger partial charge in [0.15, 0.2) is 0 Å². The van der Waals surface area contributed by atoms with Crippen molar-refractivity contribution in [3.05, 3.63) is 18.2 Å². The fourth-order valence-corrected chi connectivity index (χ4v) is 1.89. The number of anilines is 2. The number of hydrogen-bond donors (Lipinski definition) is 1. The summed E-state index contributed by atoms with van der Waals surface area (Å²) in [5, 5.41) is 0. The molecule has 1 atom stereocenters. The van der Waals surface area contributed by atoms with Gasteiger partial charge >= 0.3 is 0 Å². The van der Waals surface area contributed by atoms with E-state index < -0.39 is 0 Å². The predicted octanol–water partition coefficient (Wildman–Crippen LogP) is 3.15. The molecular weight excluding hydrogens is 212 g/mol. The zero-order valence-corrected chi connectivity index (χ0v) is 11.4. The summed E-state index contributed by atoms with van der Waals surface area (Å²) in [5.41, 5.74) is 7.93. The van der Waals surface area contributed by atoms with E-state index in [4.69, 9.17) is 10.5 Å². The lowest BCUT2D eigenvalue weighted by Gasteiger charge is -2.27. The first-order chi connectivity index (χ1) is 8.13. The van der Waals surface area contributed by atoms with Crippen molar-refractivity contribution in [1.29, 1.82) is 0 Å². The average molecular weight is 236 g/mol. The van der Waals surface area contributed by atoms with Crippen LogP contribution < -0.4 is 15.4 Å². The van der Waals surface area contributed by atoms with Crippen molar-refractivity contribution < 1.29 is 4.74 Å². The standard InChI is InChI=1S/C14H24N2O/c1-5-11(3)10-16(6-2)12-8-7-9-13(17-4)14(12)15/h7-9,11H,5-6,10,15H2,1-4H3. The third kappa shape index (κ3) is 3.29. The van der Waals surface area contributed by atoms with Crippen molar-refractivity contribution in [2.45, 2.75) is 27.2 Å². The van der Waals surface area contributed by atoms with Gasteiger partial charge in [0, 0.05) is 13.1 Å². The molecule has 1 unspecified atom stereocenters. The van der Waals surface area contributed by atoms with Gasteiger partial charge in [-0.2, -0.15) is 0 Å². The van der Waals surface area contributed by atoms with Gasteiger partial charge in [-0.05, 0) is 25.0 Å². The number of nitrogen functional groups attached to an aromatic ring is 1. The topological polar surface area (TPSA) is 38.5 Å². The highest BCUT2D eigenvalue weighted by Gasteiger charge is 2.13. The van der Waals surface area contributed by atoms with Gasteiger partial charge in [-0.1, -0.05) is 26.3 Å². The van der Waals surface area contributed by atoms with E-state index in [2.05, 4.69) is 31.7 Å². The smallest absolute Gasteiger partial charge is 0.143 e. The third-order valence-corrected chi connectivity index (χ3v) is 3.21. The van der Waals surface area contributed by atoms with Crippen molar-refractivity contribution in [2.75, 3.05) is 30.8 Å². The Morgan fingerprint density at radius 2 is 2.06 bits per heavy atom. The zero-order chi connectivity index (χ0) is 12.8. The molecule has 3 heteroatoms. The largest absolute Gasteiger partial charge is 0.495 e. The zero-order valence-electron chi connectivity index (χ0n) is 11.4. The number of rotatable bonds is 6. The molecule has 0 aliphatic heterocycles. The van der Waals surface area contributed by atoms with E-state index >= 15 is 0 Å². The van der Waals surface area contributed by atoms with E-state index in [1.165, 1.54) is 6.42 Å². The van der Waals surface area contributed by atoms with Crippen LogP contribution in [-0.4, -0.2) is 20.2 Å². The first-order valence-electron chi connectivity index (χ1n) is 6.31. The van der Waals surface area contributed by atoms with Crippen molar-refractivity contribution in [1.82, 2.24) is 0 Å². The molecule has 3 nitrogen and oxygen atoms in total. The van der Waals surface area contributed by atoms with Gasteiger partial charge in [-0.15, -0.1) is 0 Å². The molecule has 2 N–H and O–H groups in total. The number of nitrogens with zero attached hydrogens (tertiary/aromatic N) is 1. The van der Waals surface area contributed by atoms with Crippen LogP contribution in [0, 0.1) is 5.92 Å². The summed E-state index contributed by atoms with van der Waals surface area (Å²) in [6.45, 7) is 8.62. The number of benzene rings is 1. The Morgan fingerprint density at radius 1 is 1.35 bits per heavy atom. The minimum absolute atomic E-state index is 0.667. The van der Waals surface area contributed by atoms with Gasteiger partial charge in [0.2, 0.25) is 0 Å². The Balaban J connectivity index is 2.95. The average Bonchev–Trinajstić information content (AvgIpc) is 2.36. The molecule has 0 aromatic heterocycles. The van der Waals surface area contributed by atoms with Crippen LogP contribution >= 0.6 is 0 Å². The summed E-state index contributed by atoms with van der Waals surface area (Å²) in [6.07, 6.45) is 1.18. The first-order valence-corrected chi connectivity index (χ1v) is 6.31. The van der Waals surface area contributed by atoms with Gasteiger partial charge in [0.25, 0.3) is 0 Å². The van der Waals surface area contributed by atoms with E-state index in [0.717, 1.165) is 30.2 Å². The molecule has 1 aromatic carbocycles. The van der Waals surface area contributed by atoms with Crippen LogP contribution in [0.3, 0.4) is 0 Å². The molecule has 0 saturated heterocycles. The van der Waals surface area contributed by atoms with E-state index in [1.807, 2.05) is 12.1 Å². The minimum Gasteiger partial charge on any atom is -0.495 e. The second kappa shape index (κ2) is 6.38. The Labute approximate surface area is 105 Å². The Bertz CT molecular complexity index is 352. The van der Waals surface area contributed by atoms with Crippen molar-refractivity contribution >= 4 is 11.4 Å². The van der Waals surface area contributed by atoms with Gasteiger partial charge in [-0.3, -0.25) is 0 Å². The SMILES string of the molecule is CCC(C)CN(CC)c1cccc(OC)c1N. The van der Waals surface area contributed by atoms with Crippen LogP contribution in [0.4, 0.5) is 11.4 Å². The summed E-state index contributed by atoms with van der Waals surface area (Å²) in [4.78, 5) is 2.31. The van der Waals surface area contributed by atoms with Crippen LogP contribution in [0.5, 0.6) is 5.75 Å². The second-order valence-electron chi connectivity index (χ2n) is 4.45. The van der Waals surface area contributed by atoms with E-state index in [0.29, 0.717) is 5.92 Å². The fraction of sp³-hybridized carbons (Fsp3) is 0.571. The maximum Gasteiger partial charge on any atom is 0.143 e. The lowest BCUT2D eigenvalue weighted by atomic mass is 10.1. The lowest BCUT2D eigenvalue weighted by molar-refractivity contribution is 0.417. The van der Waals surface area contributed by atoms with Crippen molar-refractivity contribution in [2.24, 2.45) is 5.92 Å². The van der Waals surface area contributed by atoms with Crippen LogP contribution in [-0.2, 0) is 0 Å². The van der Waals surface area contributed by atoms with E-state index in [9.17, 15) is 0 Å². The minimum atomic E-state index is 0.667. The Morgan fingerprint density at radius 3 is 2.59 bits per heavy atom. The van der Waals surface area contributed by atoms with Crippen molar-refractivity contribution in [3.8, 4) is 5.75 Å². The summed E-state index contributed by atoms with van der Waals surface area (Å²) in [7, 11) is 1.65. The highest BCUT2D eigenvalue weighted by molar-refractivity contribution is 5.74. The molecule has 0 amide bonds. The molecule has 0 heterocycles. The van der Waals surface area contributed by atoms with Crippen molar-refractivity contribution in [3.63, 3.8) is 0 Å². The molecular formula is C14H24N2O. The Kier molecular flexibility index (Phi) is 5.13. The summed E-state index contributed by atoms with van der Waals surface area (Å²) in [6, 6.07) is 5.95. The highest BCUT2D eigenvalue weighted by Crippen LogP contribution is 2.32. The number of nitrogens with two attached hydrogens (primary N) is 1. The van der Waals surface area contributed by atoms with Crippen LogP contribution in [0.2, 0.25) is 0 Å². The number of methoxy groups -OCH3 is 1. The normalized spacial score (nSPS) is 12.2. The van der Waals surface area contributed by atoms with Crippen LogP contribution in [0.25, 0.3) is 0 Å². The summed E-state index contributed by atoms with van der Waals surface area (Å²) in [5.74, 6) is 1.42. The maximum atomic E-state index is 6.12. The summed E-state index contributed by atoms with van der Waals surface area (Å²) >= 11 is 0. The molecule has 17 heavy (non-hydrogen) atoms. The van der Waals surface area contributed by atoms with Crippen LogP contribution in [0.1, 0.15) is 27.2 Å². The van der Waals surface area contributed by atoms with Crippen LogP contribution in [0.15, 0.2) is 18.2 Å². The van der Waals surface area contributed by atoms with Gasteiger partial charge in [-0.25, -0.2) is 0 Å².